The molecule has 2 aliphatic rings. The van der Waals surface area contributed by atoms with Crippen LogP contribution < -0.4 is 0 Å². The van der Waals surface area contributed by atoms with Crippen molar-refractivity contribution >= 4 is 6.34 Å². The maximum atomic E-state index is 4.15. The Bertz CT molecular complexity index is 132. The van der Waals surface area contributed by atoms with Gasteiger partial charge >= 0.3 is 0 Å². The quantitative estimate of drug-likeness (QED) is 0.463. The number of aliphatic imine (C=N–C) groups is 1. The molecule has 0 atom stereocenters. The zero-order valence-electron chi connectivity index (χ0n) is 5.45. The third-order valence-corrected chi connectivity index (χ3v) is 1.88. The van der Waals surface area contributed by atoms with E-state index in [-0.39, 0.29) is 0 Å². The fourth-order valence-electron chi connectivity index (χ4n) is 1.35. The second kappa shape index (κ2) is 1.99. The van der Waals surface area contributed by atoms with Gasteiger partial charge in [0.05, 0.1) is 0 Å². The van der Waals surface area contributed by atoms with E-state index in [2.05, 4.69) is 15.0 Å². The molecule has 0 N–H and O–H groups in total. The molecule has 1 saturated heterocycles. The summed E-state index contributed by atoms with van der Waals surface area (Å²) in [7, 11) is 0. The first-order valence-electron chi connectivity index (χ1n) is 3.48. The molecule has 0 aromatic rings. The molecule has 0 bridgehead atoms. The molecule has 3 heteroatoms. The van der Waals surface area contributed by atoms with Crippen LogP contribution in [0.25, 0.3) is 0 Å². The van der Waals surface area contributed by atoms with Crippen molar-refractivity contribution in [1.82, 2.24) is 10.0 Å². The van der Waals surface area contributed by atoms with Crippen LogP contribution in [0, 0.1) is 0 Å². The molecule has 50 valence electrons. The highest BCUT2D eigenvalue weighted by Crippen LogP contribution is 2.11. The van der Waals surface area contributed by atoms with Gasteiger partial charge in [-0.1, -0.05) is 0 Å². The maximum absolute atomic E-state index is 4.15. The van der Waals surface area contributed by atoms with Crippen molar-refractivity contribution in [2.45, 2.75) is 12.8 Å². The molecule has 0 aromatic carbocycles. The van der Waals surface area contributed by atoms with E-state index >= 15 is 0 Å². The zero-order chi connectivity index (χ0) is 6.10. The minimum absolute atomic E-state index is 0.889. The van der Waals surface area contributed by atoms with E-state index in [4.69, 9.17) is 0 Å². The summed E-state index contributed by atoms with van der Waals surface area (Å²) >= 11 is 0. The molecular formula is C6H11N3. The average Bonchev–Trinajstić information content (AvgIpc) is 2.33. The monoisotopic (exact) mass is 125 g/mol. The van der Waals surface area contributed by atoms with E-state index in [0.29, 0.717) is 0 Å². The highest BCUT2D eigenvalue weighted by atomic mass is 15.7. The van der Waals surface area contributed by atoms with Crippen molar-refractivity contribution < 1.29 is 0 Å². The molecule has 0 radical (unpaired) electrons. The summed E-state index contributed by atoms with van der Waals surface area (Å²) in [5.74, 6) is 0. The first-order valence-corrected chi connectivity index (χ1v) is 3.48. The van der Waals surface area contributed by atoms with Crippen LogP contribution in [0.5, 0.6) is 0 Å². The minimum Gasteiger partial charge on any atom is -0.294 e. The summed E-state index contributed by atoms with van der Waals surface area (Å²) < 4.78 is 0. The van der Waals surface area contributed by atoms with Gasteiger partial charge in [0.2, 0.25) is 0 Å². The second-order valence-corrected chi connectivity index (χ2v) is 2.54. The van der Waals surface area contributed by atoms with Gasteiger partial charge in [-0.15, -0.1) is 0 Å². The largest absolute Gasteiger partial charge is 0.294 e. The first kappa shape index (κ1) is 5.23. The molecular weight excluding hydrogens is 114 g/mol. The van der Waals surface area contributed by atoms with Crippen LogP contribution in [0.4, 0.5) is 0 Å². The van der Waals surface area contributed by atoms with Gasteiger partial charge in [-0.3, -0.25) is 10.0 Å². The molecule has 0 spiro atoms. The molecule has 0 unspecified atom stereocenters. The molecule has 0 aromatic heterocycles. The van der Waals surface area contributed by atoms with Gasteiger partial charge in [-0.05, 0) is 12.8 Å². The number of nitrogens with zero attached hydrogens (tertiary/aromatic N) is 3. The fourth-order valence-corrected chi connectivity index (χ4v) is 1.35. The number of hydrogen-bond acceptors (Lipinski definition) is 3. The van der Waals surface area contributed by atoms with Crippen LogP contribution in [-0.2, 0) is 0 Å². The van der Waals surface area contributed by atoms with Crippen molar-refractivity contribution in [2.75, 3.05) is 19.8 Å². The van der Waals surface area contributed by atoms with E-state index in [1.165, 1.54) is 25.9 Å². The van der Waals surface area contributed by atoms with E-state index in [1.807, 2.05) is 6.34 Å². The Kier molecular flexibility index (Phi) is 1.16. The van der Waals surface area contributed by atoms with Crippen molar-refractivity contribution in [3.63, 3.8) is 0 Å². The standard InChI is InChI=1S/C6H11N3/c1-2-4-9-6-7-5-8(9)3-1/h5H,1-4,6H2. The minimum atomic E-state index is 0.889. The van der Waals surface area contributed by atoms with Gasteiger partial charge in [0, 0.05) is 13.1 Å². The number of hydrazine groups is 1. The molecule has 0 aliphatic carbocycles. The van der Waals surface area contributed by atoms with Crippen LogP contribution in [0.1, 0.15) is 12.8 Å². The Labute approximate surface area is 54.9 Å². The summed E-state index contributed by atoms with van der Waals surface area (Å²) in [5.41, 5.74) is 0. The molecule has 0 amide bonds. The lowest BCUT2D eigenvalue weighted by Gasteiger charge is -2.31. The van der Waals surface area contributed by atoms with E-state index in [1.54, 1.807) is 0 Å². The summed E-state index contributed by atoms with van der Waals surface area (Å²) in [5, 5.41) is 4.49. The maximum Gasteiger partial charge on any atom is 0.110 e. The van der Waals surface area contributed by atoms with Gasteiger partial charge in [0.1, 0.15) is 13.0 Å². The Morgan fingerprint density at radius 1 is 1.22 bits per heavy atom. The van der Waals surface area contributed by atoms with E-state index in [0.717, 1.165) is 6.67 Å². The van der Waals surface area contributed by atoms with Crippen LogP contribution in [0.15, 0.2) is 4.99 Å². The lowest BCUT2D eigenvalue weighted by Crippen LogP contribution is -2.42. The first-order chi connectivity index (χ1) is 4.47. The molecule has 1 fully saturated rings. The van der Waals surface area contributed by atoms with Gasteiger partial charge in [0.25, 0.3) is 0 Å². The highest BCUT2D eigenvalue weighted by Gasteiger charge is 2.19. The molecule has 2 heterocycles. The Balaban J connectivity index is 2.03. The van der Waals surface area contributed by atoms with Crippen LogP contribution in [0.2, 0.25) is 0 Å². The van der Waals surface area contributed by atoms with Gasteiger partial charge < -0.3 is 0 Å². The Morgan fingerprint density at radius 3 is 3.00 bits per heavy atom. The summed E-state index contributed by atoms with van der Waals surface area (Å²) in [6.07, 6.45) is 4.60. The van der Waals surface area contributed by atoms with Gasteiger partial charge in [0.15, 0.2) is 0 Å². The van der Waals surface area contributed by atoms with E-state index < -0.39 is 0 Å². The molecule has 0 saturated carbocycles. The number of hydrogen-bond donors (Lipinski definition) is 0. The van der Waals surface area contributed by atoms with E-state index in [9.17, 15) is 0 Å². The second-order valence-electron chi connectivity index (χ2n) is 2.54. The lowest BCUT2D eigenvalue weighted by molar-refractivity contribution is 0.0422. The fraction of sp³-hybridized carbons (Fsp3) is 0.833. The Hall–Kier alpha value is -0.570. The van der Waals surface area contributed by atoms with Crippen molar-refractivity contribution in [3.8, 4) is 0 Å². The van der Waals surface area contributed by atoms with Crippen molar-refractivity contribution in [1.29, 1.82) is 0 Å². The highest BCUT2D eigenvalue weighted by molar-refractivity contribution is 5.55. The number of fused-ring (bicyclic) bond motifs is 1. The SMILES string of the molecule is C1=NCN2CCCCN12. The molecule has 2 rings (SSSR count). The third-order valence-electron chi connectivity index (χ3n) is 1.88. The van der Waals surface area contributed by atoms with Crippen LogP contribution in [0.3, 0.4) is 0 Å². The summed E-state index contributed by atoms with van der Waals surface area (Å²) in [4.78, 5) is 4.15. The predicted octanol–water partition coefficient (Wildman–Crippen LogP) is 0.299. The topological polar surface area (TPSA) is 18.8 Å². The summed E-state index contributed by atoms with van der Waals surface area (Å²) in [6.45, 7) is 3.25. The van der Waals surface area contributed by atoms with Gasteiger partial charge in [-0.25, -0.2) is 0 Å². The smallest absolute Gasteiger partial charge is 0.110 e. The van der Waals surface area contributed by atoms with Gasteiger partial charge in [-0.2, -0.15) is 5.01 Å². The van der Waals surface area contributed by atoms with Crippen molar-refractivity contribution in [2.24, 2.45) is 4.99 Å². The molecule has 2 aliphatic heterocycles. The van der Waals surface area contributed by atoms with Crippen molar-refractivity contribution in [3.05, 3.63) is 0 Å². The third kappa shape index (κ3) is 0.812. The molecule has 9 heavy (non-hydrogen) atoms. The normalized spacial score (nSPS) is 26.9. The Morgan fingerprint density at radius 2 is 2.11 bits per heavy atom. The summed E-state index contributed by atoms with van der Waals surface area (Å²) in [6, 6.07) is 0. The average molecular weight is 125 g/mol. The lowest BCUT2D eigenvalue weighted by atomic mass is 10.2. The van der Waals surface area contributed by atoms with Crippen LogP contribution >= 0.6 is 0 Å². The zero-order valence-corrected chi connectivity index (χ0v) is 5.45. The number of rotatable bonds is 0. The predicted molar refractivity (Wildman–Crippen MR) is 36.0 cm³/mol. The van der Waals surface area contributed by atoms with Crippen LogP contribution in [-0.4, -0.2) is 36.1 Å². The molecule has 3 nitrogen and oxygen atoms in total.